The lowest BCUT2D eigenvalue weighted by atomic mass is 10.2. The second-order valence-corrected chi connectivity index (χ2v) is 5.85. The predicted octanol–water partition coefficient (Wildman–Crippen LogP) is 4.15. The molecular weight excluding hydrogens is 440 g/mol. The summed E-state index contributed by atoms with van der Waals surface area (Å²) in [6.45, 7) is 0. The van der Waals surface area contributed by atoms with Crippen LogP contribution in [0.1, 0.15) is 10.4 Å². The number of carbonyl (C=O) groups is 1. The number of hydrogen-bond donors (Lipinski definition) is 1. The zero-order valence-electron chi connectivity index (χ0n) is 8.78. The average Bonchev–Trinajstić information content (AvgIpc) is 2.33. The number of anilines is 1. The molecule has 0 aliphatic rings. The number of para-hydroxylation sites is 1. The van der Waals surface area contributed by atoms with Crippen LogP contribution in [-0.4, -0.2) is 5.91 Å². The van der Waals surface area contributed by atoms with E-state index in [1.165, 1.54) is 0 Å². The van der Waals surface area contributed by atoms with Gasteiger partial charge in [-0.05, 0) is 81.6 Å². The Morgan fingerprint density at radius 1 is 0.941 bits per heavy atom. The highest BCUT2D eigenvalue weighted by Crippen LogP contribution is 2.18. The molecule has 0 heterocycles. The Kier molecular flexibility index (Phi) is 4.38. The molecule has 0 saturated heterocycles. The Balaban J connectivity index is 2.17. The third-order valence-corrected chi connectivity index (χ3v) is 3.89. The first-order valence-electron chi connectivity index (χ1n) is 4.98. The summed E-state index contributed by atoms with van der Waals surface area (Å²) in [6.07, 6.45) is 0. The average molecular weight is 449 g/mol. The van der Waals surface area contributed by atoms with Crippen LogP contribution in [0, 0.1) is 7.14 Å². The maximum Gasteiger partial charge on any atom is 0.255 e. The highest BCUT2D eigenvalue weighted by atomic mass is 127. The van der Waals surface area contributed by atoms with E-state index >= 15 is 0 Å². The van der Waals surface area contributed by atoms with Crippen LogP contribution < -0.4 is 5.32 Å². The molecule has 0 aliphatic carbocycles. The van der Waals surface area contributed by atoms with E-state index in [9.17, 15) is 4.79 Å². The smallest absolute Gasteiger partial charge is 0.255 e. The van der Waals surface area contributed by atoms with Crippen molar-refractivity contribution in [1.82, 2.24) is 0 Å². The number of nitrogens with one attached hydrogen (secondary N) is 1. The van der Waals surface area contributed by atoms with Crippen molar-refractivity contribution in [2.75, 3.05) is 5.32 Å². The van der Waals surface area contributed by atoms with E-state index in [2.05, 4.69) is 50.5 Å². The molecule has 0 spiro atoms. The standard InChI is InChI=1S/C13H9I2NO/c14-10-7-5-9(6-8-10)13(17)16-12-4-2-1-3-11(12)15/h1-8H,(H,16,17). The fourth-order valence-corrected chi connectivity index (χ4v) is 2.24. The number of rotatable bonds is 2. The molecule has 1 amide bonds. The van der Waals surface area contributed by atoms with E-state index in [4.69, 9.17) is 0 Å². The van der Waals surface area contributed by atoms with Crippen LogP contribution in [0.3, 0.4) is 0 Å². The molecule has 17 heavy (non-hydrogen) atoms. The summed E-state index contributed by atoms with van der Waals surface area (Å²) in [4.78, 5) is 12.0. The van der Waals surface area contributed by atoms with Gasteiger partial charge in [-0.25, -0.2) is 0 Å². The van der Waals surface area contributed by atoms with Gasteiger partial charge < -0.3 is 5.32 Å². The van der Waals surface area contributed by atoms with Crippen LogP contribution >= 0.6 is 45.2 Å². The first-order valence-corrected chi connectivity index (χ1v) is 7.14. The van der Waals surface area contributed by atoms with Crippen LogP contribution in [0.2, 0.25) is 0 Å². The molecule has 0 bridgehead atoms. The molecule has 0 unspecified atom stereocenters. The van der Waals surface area contributed by atoms with Gasteiger partial charge in [0.05, 0.1) is 5.69 Å². The maximum absolute atomic E-state index is 12.0. The first kappa shape index (κ1) is 12.8. The molecule has 4 heteroatoms. The van der Waals surface area contributed by atoms with Gasteiger partial charge in [0, 0.05) is 12.7 Å². The van der Waals surface area contributed by atoms with Crippen LogP contribution in [-0.2, 0) is 0 Å². The molecule has 2 aromatic rings. The highest BCUT2D eigenvalue weighted by molar-refractivity contribution is 14.1. The summed E-state index contributed by atoms with van der Waals surface area (Å²) >= 11 is 4.42. The van der Waals surface area contributed by atoms with Gasteiger partial charge in [-0.3, -0.25) is 4.79 Å². The third kappa shape index (κ3) is 3.41. The summed E-state index contributed by atoms with van der Waals surface area (Å²) in [5.74, 6) is -0.0782. The lowest BCUT2D eigenvalue weighted by Gasteiger charge is -2.07. The number of halogens is 2. The Labute approximate surface area is 127 Å². The lowest BCUT2D eigenvalue weighted by Crippen LogP contribution is -2.12. The molecule has 0 radical (unpaired) electrons. The Hall–Kier alpha value is -0.630. The van der Waals surface area contributed by atoms with Crippen molar-refractivity contribution in [3.05, 3.63) is 61.2 Å². The lowest BCUT2D eigenvalue weighted by molar-refractivity contribution is 0.102. The molecule has 0 saturated carbocycles. The number of carbonyl (C=O) groups excluding carboxylic acids is 1. The van der Waals surface area contributed by atoms with E-state index in [1.807, 2.05) is 48.5 Å². The summed E-state index contributed by atoms with van der Waals surface area (Å²) in [6, 6.07) is 15.2. The van der Waals surface area contributed by atoms with Crippen LogP contribution in [0.5, 0.6) is 0 Å². The fraction of sp³-hybridized carbons (Fsp3) is 0. The first-order chi connectivity index (χ1) is 8.16. The van der Waals surface area contributed by atoms with Crippen molar-refractivity contribution in [2.24, 2.45) is 0 Å². The SMILES string of the molecule is O=C(Nc1ccccc1I)c1ccc(I)cc1. The quantitative estimate of drug-likeness (QED) is 0.687. The molecule has 1 N–H and O–H groups in total. The van der Waals surface area contributed by atoms with E-state index in [-0.39, 0.29) is 5.91 Å². The molecule has 0 atom stereocenters. The predicted molar refractivity (Wildman–Crippen MR) is 86.3 cm³/mol. The second kappa shape index (κ2) is 5.81. The highest BCUT2D eigenvalue weighted by Gasteiger charge is 2.07. The number of hydrogen-bond acceptors (Lipinski definition) is 1. The van der Waals surface area contributed by atoms with Gasteiger partial charge in [0.25, 0.3) is 5.91 Å². The molecule has 2 rings (SSSR count). The van der Waals surface area contributed by atoms with Gasteiger partial charge in [-0.15, -0.1) is 0 Å². The van der Waals surface area contributed by atoms with Crippen molar-refractivity contribution < 1.29 is 4.79 Å². The zero-order chi connectivity index (χ0) is 12.3. The molecule has 86 valence electrons. The van der Waals surface area contributed by atoms with E-state index < -0.39 is 0 Å². The molecule has 2 nitrogen and oxygen atoms in total. The molecule has 0 aromatic heterocycles. The summed E-state index contributed by atoms with van der Waals surface area (Å²) in [5.41, 5.74) is 1.52. The summed E-state index contributed by atoms with van der Waals surface area (Å²) in [7, 11) is 0. The topological polar surface area (TPSA) is 29.1 Å². The maximum atomic E-state index is 12.0. The van der Waals surface area contributed by atoms with Crippen molar-refractivity contribution >= 4 is 56.8 Å². The summed E-state index contributed by atoms with van der Waals surface area (Å²) in [5, 5.41) is 2.90. The fourth-order valence-electron chi connectivity index (χ4n) is 1.36. The summed E-state index contributed by atoms with van der Waals surface area (Å²) < 4.78 is 2.15. The molecule has 2 aromatic carbocycles. The van der Waals surface area contributed by atoms with E-state index in [1.54, 1.807) is 0 Å². The van der Waals surface area contributed by atoms with Gasteiger partial charge in [-0.2, -0.15) is 0 Å². The van der Waals surface area contributed by atoms with E-state index in [0.717, 1.165) is 12.8 Å². The monoisotopic (exact) mass is 449 g/mol. The number of amides is 1. The normalized spacial score (nSPS) is 10.0. The number of benzene rings is 2. The van der Waals surface area contributed by atoms with Gasteiger partial charge in [0.15, 0.2) is 0 Å². The van der Waals surface area contributed by atoms with Crippen molar-refractivity contribution in [2.45, 2.75) is 0 Å². The van der Waals surface area contributed by atoms with Gasteiger partial charge in [0.2, 0.25) is 0 Å². The minimum Gasteiger partial charge on any atom is -0.321 e. The Morgan fingerprint density at radius 3 is 2.24 bits per heavy atom. The van der Waals surface area contributed by atoms with Crippen LogP contribution in [0.25, 0.3) is 0 Å². The van der Waals surface area contributed by atoms with Crippen molar-refractivity contribution in [3.63, 3.8) is 0 Å². The second-order valence-electron chi connectivity index (χ2n) is 3.44. The van der Waals surface area contributed by atoms with Crippen molar-refractivity contribution in [3.8, 4) is 0 Å². The van der Waals surface area contributed by atoms with E-state index in [0.29, 0.717) is 5.56 Å². The molecule has 0 aliphatic heterocycles. The molecule has 0 fully saturated rings. The zero-order valence-corrected chi connectivity index (χ0v) is 13.1. The van der Waals surface area contributed by atoms with Crippen LogP contribution in [0.15, 0.2) is 48.5 Å². The Morgan fingerprint density at radius 2 is 1.59 bits per heavy atom. The minimum atomic E-state index is -0.0782. The third-order valence-electron chi connectivity index (χ3n) is 2.23. The molecular formula is C13H9I2NO. The van der Waals surface area contributed by atoms with Crippen LogP contribution in [0.4, 0.5) is 5.69 Å². The van der Waals surface area contributed by atoms with Gasteiger partial charge >= 0.3 is 0 Å². The largest absolute Gasteiger partial charge is 0.321 e. The minimum absolute atomic E-state index is 0.0782. The Bertz CT molecular complexity index is 537. The van der Waals surface area contributed by atoms with Crippen molar-refractivity contribution in [1.29, 1.82) is 0 Å². The van der Waals surface area contributed by atoms with Gasteiger partial charge in [-0.1, -0.05) is 12.1 Å². The van der Waals surface area contributed by atoms with Gasteiger partial charge in [0.1, 0.15) is 0 Å².